The molecule has 0 bridgehead atoms. The fraction of sp³-hybridized carbons (Fsp3) is 0.429. The third kappa shape index (κ3) is 2.30. The topological polar surface area (TPSA) is 64.8 Å². The van der Waals surface area contributed by atoms with Crippen molar-refractivity contribution in [2.45, 2.75) is 45.1 Å². The SMILES string of the molecule is CC(C)[C@H]1c2[nH]c3ccccc3c2CCN1C(=O)c1cn[nH]c1C1CC1. The molecule has 0 saturated heterocycles. The highest BCUT2D eigenvalue weighted by Crippen LogP contribution is 2.43. The Morgan fingerprint density at radius 1 is 1.23 bits per heavy atom. The molecular weight excluding hydrogens is 324 g/mol. The van der Waals surface area contributed by atoms with E-state index >= 15 is 0 Å². The van der Waals surface area contributed by atoms with Gasteiger partial charge in [-0.05, 0) is 36.8 Å². The second kappa shape index (κ2) is 5.73. The van der Waals surface area contributed by atoms with Gasteiger partial charge in [0.15, 0.2) is 0 Å². The number of carbonyl (C=O) groups excluding carboxylic acids is 1. The van der Waals surface area contributed by atoms with Crippen LogP contribution in [0.2, 0.25) is 0 Å². The molecule has 1 aliphatic carbocycles. The van der Waals surface area contributed by atoms with Crippen molar-refractivity contribution in [2.75, 3.05) is 6.54 Å². The van der Waals surface area contributed by atoms with Crippen LogP contribution in [0.25, 0.3) is 10.9 Å². The Morgan fingerprint density at radius 2 is 2.04 bits per heavy atom. The van der Waals surface area contributed by atoms with Crippen LogP contribution in [-0.2, 0) is 6.42 Å². The van der Waals surface area contributed by atoms with Crippen LogP contribution in [0.4, 0.5) is 0 Å². The lowest BCUT2D eigenvalue weighted by Crippen LogP contribution is -2.42. The molecule has 5 heteroatoms. The third-order valence-corrected chi connectivity index (χ3v) is 5.86. The van der Waals surface area contributed by atoms with Gasteiger partial charge in [0.25, 0.3) is 5.91 Å². The lowest BCUT2D eigenvalue weighted by molar-refractivity contribution is 0.0597. The lowest BCUT2D eigenvalue weighted by atomic mass is 9.89. The minimum atomic E-state index is 0.0700. The quantitative estimate of drug-likeness (QED) is 0.746. The van der Waals surface area contributed by atoms with E-state index in [1.54, 1.807) is 6.20 Å². The van der Waals surface area contributed by atoms with Gasteiger partial charge in [-0.1, -0.05) is 32.0 Å². The Morgan fingerprint density at radius 3 is 2.81 bits per heavy atom. The number of H-pyrrole nitrogens is 2. The van der Waals surface area contributed by atoms with Crippen LogP contribution in [-0.4, -0.2) is 32.5 Å². The summed E-state index contributed by atoms with van der Waals surface area (Å²) in [7, 11) is 0. The van der Waals surface area contributed by atoms with E-state index in [4.69, 9.17) is 0 Å². The summed E-state index contributed by atoms with van der Waals surface area (Å²) >= 11 is 0. The molecule has 26 heavy (non-hydrogen) atoms. The number of rotatable bonds is 3. The number of nitrogens with one attached hydrogen (secondary N) is 2. The number of para-hydroxylation sites is 1. The minimum absolute atomic E-state index is 0.0700. The van der Waals surface area contributed by atoms with Gasteiger partial charge in [0.1, 0.15) is 0 Å². The Hall–Kier alpha value is -2.56. The van der Waals surface area contributed by atoms with Gasteiger partial charge in [-0.3, -0.25) is 9.89 Å². The highest BCUT2D eigenvalue weighted by Gasteiger charge is 2.38. The number of nitrogens with zero attached hydrogens (tertiary/aromatic N) is 2. The maximum atomic E-state index is 13.4. The van der Waals surface area contributed by atoms with Gasteiger partial charge in [-0.2, -0.15) is 5.10 Å². The van der Waals surface area contributed by atoms with Crippen molar-refractivity contribution in [3.8, 4) is 0 Å². The lowest BCUT2D eigenvalue weighted by Gasteiger charge is -2.38. The maximum absolute atomic E-state index is 13.4. The van der Waals surface area contributed by atoms with Crippen LogP contribution >= 0.6 is 0 Å². The summed E-state index contributed by atoms with van der Waals surface area (Å²) < 4.78 is 0. The molecule has 3 heterocycles. The monoisotopic (exact) mass is 348 g/mol. The molecule has 1 aromatic carbocycles. The van der Waals surface area contributed by atoms with Crippen molar-refractivity contribution >= 4 is 16.8 Å². The molecule has 5 nitrogen and oxygen atoms in total. The van der Waals surface area contributed by atoms with Crippen molar-refractivity contribution in [2.24, 2.45) is 5.92 Å². The molecule has 134 valence electrons. The second-order valence-corrected chi connectivity index (χ2v) is 7.97. The first-order valence-corrected chi connectivity index (χ1v) is 9.59. The largest absolute Gasteiger partial charge is 0.356 e. The number of hydrogen-bond acceptors (Lipinski definition) is 2. The number of carbonyl (C=O) groups is 1. The highest BCUT2D eigenvalue weighted by molar-refractivity contribution is 5.96. The first-order valence-electron chi connectivity index (χ1n) is 9.59. The zero-order valence-electron chi connectivity index (χ0n) is 15.2. The summed E-state index contributed by atoms with van der Waals surface area (Å²) in [5, 5.41) is 8.53. The molecule has 2 N–H and O–H groups in total. The highest BCUT2D eigenvalue weighted by atomic mass is 16.2. The number of aromatic nitrogens is 3. The molecule has 0 radical (unpaired) electrons. The van der Waals surface area contributed by atoms with Crippen molar-refractivity contribution in [1.29, 1.82) is 0 Å². The number of aromatic amines is 2. The van der Waals surface area contributed by atoms with Crippen LogP contribution in [0.15, 0.2) is 30.5 Å². The van der Waals surface area contributed by atoms with Crippen LogP contribution in [0.3, 0.4) is 0 Å². The van der Waals surface area contributed by atoms with E-state index in [9.17, 15) is 4.79 Å². The summed E-state index contributed by atoms with van der Waals surface area (Å²) in [6.45, 7) is 5.15. The summed E-state index contributed by atoms with van der Waals surface area (Å²) in [5.41, 5.74) is 5.53. The van der Waals surface area contributed by atoms with E-state index in [2.05, 4.69) is 58.2 Å². The van der Waals surface area contributed by atoms with E-state index < -0.39 is 0 Å². The molecule has 1 atom stereocenters. The predicted molar refractivity (Wildman–Crippen MR) is 101 cm³/mol. The third-order valence-electron chi connectivity index (χ3n) is 5.86. The number of amides is 1. The molecule has 1 amide bonds. The van der Waals surface area contributed by atoms with E-state index in [1.807, 2.05) is 0 Å². The van der Waals surface area contributed by atoms with Crippen molar-refractivity contribution in [1.82, 2.24) is 20.1 Å². The van der Waals surface area contributed by atoms with Crippen LogP contribution in [0, 0.1) is 5.92 Å². The van der Waals surface area contributed by atoms with Crippen molar-refractivity contribution in [3.05, 3.63) is 53.0 Å². The van der Waals surface area contributed by atoms with E-state index in [1.165, 1.54) is 22.2 Å². The summed E-state index contributed by atoms with van der Waals surface area (Å²) in [6.07, 6.45) is 4.92. The number of benzene rings is 1. The van der Waals surface area contributed by atoms with Gasteiger partial charge >= 0.3 is 0 Å². The molecule has 1 saturated carbocycles. The van der Waals surface area contributed by atoms with Crippen LogP contribution in [0.1, 0.15) is 66.0 Å². The Bertz CT molecular complexity index is 979. The van der Waals surface area contributed by atoms with E-state index in [-0.39, 0.29) is 11.9 Å². The Labute approximate surface area is 152 Å². The van der Waals surface area contributed by atoms with Gasteiger partial charge in [0.2, 0.25) is 0 Å². The van der Waals surface area contributed by atoms with E-state index in [0.29, 0.717) is 11.8 Å². The van der Waals surface area contributed by atoms with Gasteiger partial charge < -0.3 is 9.88 Å². The van der Waals surface area contributed by atoms with Gasteiger partial charge in [0.05, 0.1) is 23.5 Å². The van der Waals surface area contributed by atoms with Gasteiger partial charge in [-0.25, -0.2) is 0 Å². The molecule has 3 aromatic rings. The zero-order chi connectivity index (χ0) is 17.8. The minimum Gasteiger partial charge on any atom is -0.356 e. The summed E-state index contributed by atoms with van der Waals surface area (Å²) in [6, 6.07) is 8.52. The maximum Gasteiger partial charge on any atom is 0.257 e. The molecule has 1 fully saturated rings. The Kier molecular flexibility index (Phi) is 3.45. The standard InChI is InChI=1S/C21H24N4O/c1-12(2)20-19-15(14-5-3-4-6-17(14)23-19)9-10-25(20)21(26)16-11-22-24-18(16)13-7-8-13/h3-6,11-13,20,23H,7-10H2,1-2H3,(H,22,24)/t20-/m0/s1. The predicted octanol–water partition coefficient (Wildman–Crippen LogP) is 4.16. The van der Waals surface area contributed by atoms with Crippen LogP contribution < -0.4 is 0 Å². The summed E-state index contributed by atoms with van der Waals surface area (Å²) in [5.74, 6) is 0.938. The molecule has 2 aromatic heterocycles. The number of hydrogen-bond donors (Lipinski definition) is 2. The van der Waals surface area contributed by atoms with Gasteiger partial charge in [0, 0.05) is 29.1 Å². The molecule has 0 spiro atoms. The fourth-order valence-electron chi connectivity index (χ4n) is 4.50. The van der Waals surface area contributed by atoms with E-state index in [0.717, 1.165) is 37.1 Å². The summed E-state index contributed by atoms with van der Waals surface area (Å²) in [4.78, 5) is 19.1. The Balaban J connectivity index is 1.57. The molecule has 2 aliphatic rings. The molecular formula is C21H24N4O. The molecule has 1 aliphatic heterocycles. The van der Waals surface area contributed by atoms with Crippen molar-refractivity contribution < 1.29 is 4.79 Å². The fourth-order valence-corrected chi connectivity index (χ4v) is 4.50. The first kappa shape index (κ1) is 15.7. The molecule has 0 unspecified atom stereocenters. The smallest absolute Gasteiger partial charge is 0.257 e. The van der Waals surface area contributed by atoms with Crippen LogP contribution in [0.5, 0.6) is 0 Å². The average molecular weight is 348 g/mol. The average Bonchev–Trinajstić information content (AvgIpc) is 3.25. The zero-order valence-corrected chi connectivity index (χ0v) is 15.2. The second-order valence-electron chi connectivity index (χ2n) is 7.97. The molecule has 5 rings (SSSR count). The van der Waals surface area contributed by atoms with Crippen molar-refractivity contribution in [3.63, 3.8) is 0 Å². The normalized spacial score (nSPS) is 20.0. The first-order chi connectivity index (χ1) is 12.6. The van der Waals surface area contributed by atoms with Gasteiger partial charge in [-0.15, -0.1) is 0 Å². The number of fused-ring (bicyclic) bond motifs is 3.